The monoisotopic (exact) mass is 418 g/mol. The Balaban J connectivity index is 3.35. The molecule has 0 saturated heterocycles. The van der Waals surface area contributed by atoms with Gasteiger partial charge in [0.2, 0.25) is 0 Å². The smallest absolute Gasteiger partial charge is 0.330 e. The first-order valence-corrected chi connectivity index (χ1v) is 12.1. The Kier molecular flexibility index (Phi) is 17.1. The third-order valence-corrected chi connectivity index (χ3v) is 6.52. The lowest BCUT2D eigenvalue weighted by Gasteiger charge is -2.12. The average Bonchev–Trinajstić information content (AvgIpc) is 2.72. The van der Waals surface area contributed by atoms with E-state index >= 15 is 0 Å². The van der Waals surface area contributed by atoms with Crippen LogP contribution in [0.3, 0.4) is 0 Å². The van der Waals surface area contributed by atoms with E-state index in [2.05, 4.69) is 22.8 Å². The van der Waals surface area contributed by atoms with E-state index in [1.165, 1.54) is 53.4 Å². The SMILES string of the molecule is CNC(=O)C(=O)NCCCCC=CCCCCCCCCCP(=O)(OC)OC. The van der Waals surface area contributed by atoms with Crippen molar-refractivity contribution >= 4 is 19.4 Å². The van der Waals surface area contributed by atoms with E-state index in [0.29, 0.717) is 12.7 Å². The molecular weight excluding hydrogens is 379 g/mol. The molecule has 28 heavy (non-hydrogen) atoms. The summed E-state index contributed by atoms with van der Waals surface area (Å²) in [6, 6.07) is 0. The zero-order valence-electron chi connectivity index (χ0n) is 17.8. The van der Waals surface area contributed by atoms with Crippen LogP contribution < -0.4 is 10.6 Å². The molecule has 0 aromatic rings. The van der Waals surface area contributed by atoms with Gasteiger partial charge >= 0.3 is 19.4 Å². The number of hydrogen-bond acceptors (Lipinski definition) is 5. The van der Waals surface area contributed by atoms with Crippen LogP contribution >= 0.6 is 7.60 Å². The number of rotatable bonds is 17. The predicted octanol–water partition coefficient (Wildman–Crippen LogP) is 4.18. The van der Waals surface area contributed by atoms with E-state index in [0.717, 1.165) is 38.5 Å². The first-order chi connectivity index (χ1) is 13.5. The lowest BCUT2D eigenvalue weighted by molar-refractivity contribution is -0.138. The molecule has 0 fully saturated rings. The van der Waals surface area contributed by atoms with Crippen molar-refractivity contribution in [2.45, 2.75) is 70.6 Å². The molecule has 0 spiro atoms. The summed E-state index contributed by atoms with van der Waals surface area (Å²) in [4.78, 5) is 22.2. The van der Waals surface area contributed by atoms with Gasteiger partial charge in [0.15, 0.2) is 0 Å². The molecule has 0 aliphatic carbocycles. The van der Waals surface area contributed by atoms with Crippen LogP contribution in [-0.2, 0) is 23.2 Å². The van der Waals surface area contributed by atoms with Gasteiger partial charge in [-0.3, -0.25) is 14.2 Å². The Morgan fingerprint density at radius 3 is 1.82 bits per heavy atom. The van der Waals surface area contributed by atoms with Crippen molar-refractivity contribution in [2.24, 2.45) is 0 Å². The molecule has 0 aliphatic heterocycles. The molecule has 7 nitrogen and oxygen atoms in total. The van der Waals surface area contributed by atoms with E-state index in [9.17, 15) is 14.2 Å². The highest BCUT2D eigenvalue weighted by Crippen LogP contribution is 2.47. The van der Waals surface area contributed by atoms with Crippen molar-refractivity contribution in [3.8, 4) is 0 Å². The van der Waals surface area contributed by atoms with Gasteiger partial charge in [0, 0.05) is 27.8 Å². The van der Waals surface area contributed by atoms with Crippen molar-refractivity contribution in [3.63, 3.8) is 0 Å². The molecule has 8 heteroatoms. The molecule has 0 rings (SSSR count). The molecule has 2 amide bonds. The predicted molar refractivity (Wildman–Crippen MR) is 113 cm³/mol. The number of likely N-dealkylation sites (N-methyl/N-ethyl adjacent to an activating group) is 1. The van der Waals surface area contributed by atoms with Gasteiger partial charge < -0.3 is 19.7 Å². The third kappa shape index (κ3) is 14.8. The molecule has 0 bridgehead atoms. The van der Waals surface area contributed by atoms with Gasteiger partial charge in [-0.25, -0.2) is 0 Å². The number of amides is 2. The fourth-order valence-electron chi connectivity index (χ4n) is 2.73. The highest BCUT2D eigenvalue weighted by atomic mass is 31.2. The molecule has 0 saturated carbocycles. The van der Waals surface area contributed by atoms with Gasteiger partial charge in [-0.1, -0.05) is 44.3 Å². The third-order valence-electron chi connectivity index (χ3n) is 4.54. The van der Waals surface area contributed by atoms with Crippen molar-refractivity contribution in [1.82, 2.24) is 10.6 Å². The van der Waals surface area contributed by atoms with Crippen LogP contribution in [0.5, 0.6) is 0 Å². The molecule has 0 atom stereocenters. The van der Waals surface area contributed by atoms with E-state index in [1.54, 1.807) is 0 Å². The number of nitrogens with one attached hydrogen (secondary N) is 2. The topological polar surface area (TPSA) is 93.7 Å². The van der Waals surface area contributed by atoms with Gasteiger partial charge in [-0.05, 0) is 38.5 Å². The lowest BCUT2D eigenvalue weighted by atomic mass is 10.1. The van der Waals surface area contributed by atoms with Crippen LogP contribution in [0.2, 0.25) is 0 Å². The minimum absolute atomic E-state index is 0.505. The minimum Gasteiger partial charge on any atom is -0.351 e. The Bertz CT molecular complexity index is 489. The van der Waals surface area contributed by atoms with Crippen LogP contribution in [0, 0.1) is 0 Å². The fraction of sp³-hybridized carbons (Fsp3) is 0.800. The summed E-state index contributed by atoms with van der Waals surface area (Å²) in [5.74, 6) is -1.16. The van der Waals surface area contributed by atoms with Gasteiger partial charge in [0.05, 0.1) is 6.16 Å². The van der Waals surface area contributed by atoms with E-state index in [4.69, 9.17) is 9.05 Å². The van der Waals surface area contributed by atoms with Crippen LogP contribution in [0.15, 0.2) is 12.2 Å². The standard InChI is InChI=1S/C20H39N2O5P/c1-21-19(23)20(24)22-17-15-13-11-9-7-5-4-6-8-10-12-14-16-18-28(25,26-2)27-3/h7,9H,4-6,8,10-18H2,1-3H3,(H,21,23)(H,22,24). The van der Waals surface area contributed by atoms with Gasteiger partial charge in [0.1, 0.15) is 0 Å². The van der Waals surface area contributed by atoms with Crippen LogP contribution in [0.1, 0.15) is 70.6 Å². The summed E-state index contributed by atoms with van der Waals surface area (Å²) in [7, 11) is 1.50. The van der Waals surface area contributed by atoms with Gasteiger partial charge in [-0.15, -0.1) is 0 Å². The number of hydrogen-bond donors (Lipinski definition) is 2. The Labute approximate surface area is 170 Å². The number of carbonyl (C=O) groups is 2. The summed E-state index contributed by atoms with van der Waals surface area (Å²) in [5.41, 5.74) is 0. The lowest BCUT2D eigenvalue weighted by Crippen LogP contribution is -2.38. The van der Waals surface area contributed by atoms with Crippen molar-refractivity contribution in [3.05, 3.63) is 12.2 Å². The summed E-state index contributed by atoms with van der Waals surface area (Å²) < 4.78 is 21.7. The molecular formula is C20H39N2O5P. The molecule has 0 unspecified atom stereocenters. The summed E-state index contributed by atoms with van der Waals surface area (Å²) in [6.07, 6.45) is 17.0. The second-order valence-corrected chi connectivity index (χ2v) is 9.16. The van der Waals surface area contributed by atoms with E-state index in [-0.39, 0.29) is 0 Å². The maximum Gasteiger partial charge on any atom is 0.330 e. The largest absolute Gasteiger partial charge is 0.351 e. The summed E-state index contributed by atoms with van der Waals surface area (Å²) >= 11 is 0. The highest BCUT2D eigenvalue weighted by Gasteiger charge is 2.19. The Morgan fingerprint density at radius 2 is 1.29 bits per heavy atom. The van der Waals surface area contributed by atoms with Crippen molar-refractivity contribution in [2.75, 3.05) is 34.0 Å². The van der Waals surface area contributed by atoms with Gasteiger partial charge in [0.25, 0.3) is 0 Å². The number of carbonyl (C=O) groups excluding carboxylic acids is 2. The first kappa shape index (κ1) is 26.8. The summed E-state index contributed by atoms with van der Waals surface area (Å²) in [6.45, 7) is 0.536. The second kappa shape index (κ2) is 17.9. The zero-order chi connectivity index (χ0) is 21.1. The molecule has 2 N–H and O–H groups in total. The van der Waals surface area contributed by atoms with E-state index < -0.39 is 19.4 Å². The normalized spacial score (nSPS) is 11.7. The van der Waals surface area contributed by atoms with Crippen LogP contribution in [-0.4, -0.2) is 45.8 Å². The molecule has 0 radical (unpaired) electrons. The zero-order valence-corrected chi connectivity index (χ0v) is 18.7. The molecule has 0 aromatic heterocycles. The second-order valence-electron chi connectivity index (χ2n) is 6.77. The van der Waals surface area contributed by atoms with Crippen LogP contribution in [0.25, 0.3) is 0 Å². The van der Waals surface area contributed by atoms with Crippen molar-refractivity contribution < 1.29 is 23.2 Å². The summed E-state index contributed by atoms with van der Waals surface area (Å²) in [5, 5.41) is 4.88. The Morgan fingerprint density at radius 1 is 0.786 bits per heavy atom. The fourth-order valence-corrected chi connectivity index (χ4v) is 3.85. The number of allylic oxidation sites excluding steroid dienone is 2. The average molecular weight is 419 g/mol. The molecule has 164 valence electrons. The molecule has 0 aliphatic rings. The minimum atomic E-state index is -2.82. The maximum atomic E-state index is 11.9. The van der Waals surface area contributed by atoms with Crippen LogP contribution in [0.4, 0.5) is 0 Å². The highest BCUT2D eigenvalue weighted by molar-refractivity contribution is 7.53. The van der Waals surface area contributed by atoms with Crippen molar-refractivity contribution in [1.29, 1.82) is 0 Å². The first-order valence-electron chi connectivity index (χ1n) is 10.3. The Hall–Kier alpha value is -1.17. The quantitative estimate of drug-likeness (QED) is 0.160. The molecule has 0 aromatic carbocycles. The molecule has 0 heterocycles. The van der Waals surface area contributed by atoms with Gasteiger partial charge in [-0.2, -0.15) is 0 Å². The van der Waals surface area contributed by atoms with E-state index in [1.807, 2.05) is 0 Å². The number of unbranched alkanes of at least 4 members (excludes halogenated alkanes) is 9. The maximum absolute atomic E-state index is 11.9.